The van der Waals surface area contributed by atoms with E-state index in [9.17, 15) is 61.0 Å². The molecule has 0 aromatic carbocycles. The maximum absolute atomic E-state index is 13.3. The molecule has 17 atom stereocenters. The lowest BCUT2D eigenvalue weighted by Gasteiger charge is -2.48. The number of allylic oxidation sites excluding steroid dienone is 21. The maximum Gasteiger partial charge on any atom is 0.220 e. The molecule has 3 aliphatic heterocycles. The largest absolute Gasteiger partial charge is 0.394 e. The van der Waals surface area contributed by atoms with Crippen LogP contribution >= 0.6 is 0 Å². The van der Waals surface area contributed by atoms with Crippen molar-refractivity contribution >= 4 is 5.91 Å². The van der Waals surface area contributed by atoms with Crippen LogP contribution in [-0.2, 0) is 33.2 Å². The van der Waals surface area contributed by atoms with Gasteiger partial charge in [-0.05, 0) is 96.3 Å². The summed E-state index contributed by atoms with van der Waals surface area (Å²) in [5.41, 5.74) is 0. The molecular weight excluding hydrogens is 1080 g/mol. The van der Waals surface area contributed by atoms with Crippen LogP contribution in [-0.4, -0.2) is 193 Å². The summed E-state index contributed by atoms with van der Waals surface area (Å²) in [6.07, 6.45) is 36.1. The fourth-order valence-corrected chi connectivity index (χ4v) is 9.20. The molecule has 19 nitrogen and oxygen atoms in total. The summed E-state index contributed by atoms with van der Waals surface area (Å²) in [6.45, 7) is 1.45. The monoisotopic (exact) mass is 1190 g/mol. The van der Waals surface area contributed by atoms with Crippen molar-refractivity contribution in [2.45, 2.75) is 240 Å². The van der Waals surface area contributed by atoms with Crippen LogP contribution < -0.4 is 5.32 Å². The summed E-state index contributed by atoms with van der Waals surface area (Å²) in [4.78, 5) is 13.3. The van der Waals surface area contributed by atoms with Crippen LogP contribution in [0.4, 0.5) is 0 Å². The lowest BCUT2D eigenvalue weighted by atomic mass is 9.96. The van der Waals surface area contributed by atoms with E-state index in [0.29, 0.717) is 19.3 Å². The van der Waals surface area contributed by atoms with E-state index in [1.807, 2.05) is 12.2 Å². The number of rotatable bonds is 42. The number of amides is 1. The average Bonchev–Trinajstić information content (AvgIpc) is 2.80. The van der Waals surface area contributed by atoms with Crippen LogP contribution in [0.25, 0.3) is 0 Å². The lowest BCUT2D eigenvalue weighted by molar-refractivity contribution is -0.379. The van der Waals surface area contributed by atoms with E-state index < -0.39 is 131 Å². The standard InChI is InChI=1S/C65H103NO18/c1-3-5-7-9-11-13-15-16-17-18-19-20-21-22-23-24-25-26-27-28-29-30-31-32-33-35-37-39-41-43-53(71)66-48(49(70)42-40-38-36-34-14-12-10-8-6-4-2)47-79-63-59(77)56(74)61(51(45-68)81-63)84-65-60(78)57(75)62(52(46-69)82-65)83-64-58(76)55(73)54(72)50(44-67)80-64/h5,7,11,13-14,16-17,19-20,22-23,25-26,28-29,31-32,34-35,37,40,42,48-52,54-65,67-70,72-78H,3-4,6,8-10,12,15,18,21,24,27,30,33,36,38-39,41,43-47H2,1-2H3,(H,66,71)/b7-5-,13-11-,17-16-,20-19-,23-22-,26-25-,29-28-,32-31-,34-14+,37-35-,42-40+. The highest BCUT2D eigenvalue weighted by molar-refractivity contribution is 5.76. The quantitative estimate of drug-likeness (QED) is 0.0251. The highest BCUT2D eigenvalue weighted by Crippen LogP contribution is 2.33. The minimum atomic E-state index is -1.99. The zero-order valence-corrected chi connectivity index (χ0v) is 49.6. The molecule has 0 aromatic rings. The molecule has 84 heavy (non-hydrogen) atoms. The van der Waals surface area contributed by atoms with Gasteiger partial charge in [-0.25, -0.2) is 0 Å². The van der Waals surface area contributed by atoms with Gasteiger partial charge >= 0.3 is 0 Å². The molecule has 0 radical (unpaired) electrons. The molecular formula is C65H103NO18. The van der Waals surface area contributed by atoms with E-state index in [-0.39, 0.29) is 12.3 Å². The summed E-state index contributed by atoms with van der Waals surface area (Å²) in [7, 11) is 0. The maximum atomic E-state index is 13.3. The Hall–Kier alpha value is -4.07. The Bertz CT molecular complexity index is 2050. The normalized spacial score (nSPS) is 30.1. The van der Waals surface area contributed by atoms with Crippen LogP contribution in [0.3, 0.4) is 0 Å². The molecule has 3 saturated heterocycles. The second-order valence-corrected chi connectivity index (χ2v) is 21.1. The smallest absolute Gasteiger partial charge is 0.220 e. The van der Waals surface area contributed by atoms with E-state index in [0.717, 1.165) is 77.0 Å². The fourth-order valence-electron chi connectivity index (χ4n) is 9.20. The van der Waals surface area contributed by atoms with Gasteiger partial charge in [-0.3, -0.25) is 4.79 Å². The summed E-state index contributed by atoms with van der Waals surface area (Å²) in [5, 5.41) is 120. The van der Waals surface area contributed by atoms with Gasteiger partial charge in [0.05, 0.1) is 38.6 Å². The third-order valence-electron chi connectivity index (χ3n) is 14.2. The SMILES string of the molecule is CC/C=C\C/C=C\C/C=C\C/C=C\C/C=C\C/C=C\C/C=C\C/C=C\C/C=C\CCCC(=O)NC(COC1OC(CO)C(OC2OC(CO)C(OC3OC(CO)C(O)C(O)C3O)C(O)C2O)C(O)C1O)C(O)/C=C/CC/C=C/CCCCCC. The third-order valence-corrected chi connectivity index (χ3v) is 14.2. The van der Waals surface area contributed by atoms with Crippen molar-refractivity contribution in [1.29, 1.82) is 0 Å². The number of nitrogens with one attached hydrogen (secondary N) is 1. The molecule has 19 heteroatoms. The van der Waals surface area contributed by atoms with Crippen LogP contribution in [0, 0.1) is 0 Å². The Labute approximate surface area is 499 Å². The van der Waals surface area contributed by atoms with Gasteiger partial charge in [0.15, 0.2) is 18.9 Å². The zero-order valence-electron chi connectivity index (χ0n) is 49.6. The number of aliphatic hydroxyl groups is 11. The van der Waals surface area contributed by atoms with Gasteiger partial charge < -0.3 is 89.9 Å². The molecule has 0 aliphatic carbocycles. The molecule has 0 bridgehead atoms. The molecule has 3 heterocycles. The van der Waals surface area contributed by atoms with Crippen LogP contribution in [0.5, 0.6) is 0 Å². The Balaban J connectivity index is 1.46. The zero-order chi connectivity index (χ0) is 61.2. The molecule has 3 aliphatic rings. The van der Waals surface area contributed by atoms with Gasteiger partial charge in [0.25, 0.3) is 0 Å². The molecule has 12 N–H and O–H groups in total. The highest BCUT2D eigenvalue weighted by atomic mass is 16.8. The minimum absolute atomic E-state index is 0.145. The van der Waals surface area contributed by atoms with E-state index in [2.05, 4.69) is 129 Å². The molecule has 1 amide bonds. The van der Waals surface area contributed by atoms with E-state index >= 15 is 0 Å². The number of carbonyl (C=O) groups excluding carboxylic acids is 1. The minimum Gasteiger partial charge on any atom is -0.394 e. The topological polar surface area (TPSA) is 307 Å². The van der Waals surface area contributed by atoms with Gasteiger partial charge in [0.2, 0.25) is 5.91 Å². The van der Waals surface area contributed by atoms with E-state index in [4.69, 9.17) is 28.4 Å². The summed E-state index contributed by atoms with van der Waals surface area (Å²) in [5.74, 6) is -0.353. The Kier molecular flexibility index (Phi) is 40.7. The molecule has 476 valence electrons. The van der Waals surface area contributed by atoms with Crippen LogP contribution in [0.2, 0.25) is 0 Å². The molecule has 0 aromatic heterocycles. The first-order valence-electron chi connectivity index (χ1n) is 30.4. The Morgan fingerprint density at radius 1 is 0.440 bits per heavy atom. The average molecular weight is 1190 g/mol. The fraction of sp³-hybridized carbons (Fsp3) is 0.646. The van der Waals surface area contributed by atoms with E-state index in [1.165, 1.54) is 19.3 Å². The number of ether oxygens (including phenoxy) is 6. The first-order chi connectivity index (χ1) is 40.8. The van der Waals surface area contributed by atoms with Crippen molar-refractivity contribution in [3.8, 4) is 0 Å². The molecule has 0 saturated carbocycles. The first kappa shape index (κ1) is 74.2. The highest BCUT2D eigenvalue weighted by Gasteiger charge is 2.53. The van der Waals surface area contributed by atoms with Gasteiger partial charge in [-0.1, -0.05) is 167 Å². The van der Waals surface area contributed by atoms with Crippen LogP contribution in [0.15, 0.2) is 134 Å². The van der Waals surface area contributed by atoms with Gasteiger partial charge in [0, 0.05) is 6.42 Å². The molecule has 3 fully saturated rings. The predicted molar refractivity (Wildman–Crippen MR) is 323 cm³/mol. The second kappa shape index (κ2) is 46.1. The van der Waals surface area contributed by atoms with Crippen LogP contribution in [0.1, 0.15) is 136 Å². The molecule has 0 spiro atoms. The molecule has 17 unspecified atom stereocenters. The molecule has 3 rings (SSSR count). The summed E-state index contributed by atoms with van der Waals surface area (Å²) < 4.78 is 34.1. The number of hydrogen-bond acceptors (Lipinski definition) is 18. The Morgan fingerprint density at radius 2 is 0.833 bits per heavy atom. The lowest BCUT2D eigenvalue weighted by Crippen LogP contribution is -2.66. The predicted octanol–water partition coefficient (Wildman–Crippen LogP) is 5.87. The van der Waals surface area contributed by atoms with Crippen molar-refractivity contribution in [1.82, 2.24) is 5.32 Å². The van der Waals surface area contributed by atoms with Crippen molar-refractivity contribution in [3.63, 3.8) is 0 Å². The number of unbranched alkanes of at least 4 members (excludes halogenated alkanes) is 6. The number of carbonyl (C=O) groups is 1. The van der Waals surface area contributed by atoms with E-state index in [1.54, 1.807) is 12.2 Å². The van der Waals surface area contributed by atoms with Crippen molar-refractivity contribution < 1.29 is 89.4 Å². The van der Waals surface area contributed by atoms with Crippen molar-refractivity contribution in [3.05, 3.63) is 134 Å². The van der Waals surface area contributed by atoms with Gasteiger partial charge in [-0.2, -0.15) is 0 Å². The van der Waals surface area contributed by atoms with Crippen molar-refractivity contribution in [2.24, 2.45) is 0 Å². The first-order valence-corrected chi connectivity index (χ1v) is 30.4. The Morgan fingerprint density at radius 3 is 1.31 bits per heavy atom. The van der Waals surface area contributed by atoms with Crippen molar-refractivity contribution in [2.75, 3.05) is 26.4 Å². The number of hydrogen-bond donors (Lipinski definition) is 12. The summed E-state index contributed by atoms with van der Waals surface area (Å²) >= 11 is 0. The van der Waals surface area contributed by atoms with Gasteiger partial charge in [-0.15, -0.1) is 0 Å². The third kappa shape index (κ3) is 29.1. The second-order valence-electron chi connectivity index (χ2n) is 21.1. The summed E-state index contributed by atoms with van der Waals surface area (Å²) in [6, 6.07) is -1.03. The van der Waals surface area contributed by atoms with Gasteiger partial charge in [0.1, 0.15) is 73.2 Å². The number of aliphatic hydroxyl groups excluding tert-OH is 11.